The minimum atomic E-state index is -0.538. The summed E-state index contributed by atoms with van der Waals surface area (Å²) >= 11 is 0. The van der Waals surface area contributed by atoms with Crippen LogP contribution in [0.4, 0.5) is 15.8 Å². The van der Waals surface area contributed by atoms with Gasteiger partial charge in [0.1, 0.15) is 16.7 Å². The second kappa shape index (κ2) is 7.56. The molecule has 1 atom stereocenters. The van der Waals surface area contributed by atoms with Crippen molar-refractivity contribution in [2.75, 3.05) is 5.32 Å². The number of anilines is 2. The maximum atomic E-state index is 15.4. The first-order valence-electron chi connectivity index (χ1n) is 9.29. The van der Waals surface area contributed by atoms with Crippen molar-refractivity contribution in [3.63, 3.8) is 0 Å². The maximum Gasteiger partial charge on any atom is 0.174 e. The zero-order valence-corrected chi connectivity index (χ0v) is 16.4. The largest absolute Gasteiger partial charge is 0.391 e. The van der Waals surface area contributed by atoms with Crippen LogP contribution >= 0.6 is 0 Å². The van der Waals surface area contributed by atoms with Gasteiger partial charge < -0.3 is 10.4 Å². The number of aliphatic hydroxyl groups excluding tert-OH is 1. The van der Waals surface area contributed by atoms with Gasteiger partial charge in [-0.05, 0) is 44.5 Å². The van der Waals surface area contributed by atoms with Crippen molar-refractivity contribution in [1.29, 1.82) is 0 Å². The molecule has 0 spiro atoms. The molecule has 29 heavy (non-hydrogen) atoms. The molecule has 0 amide bonds. The van der Waals surface area contributed by atoms with Crippen molar-refractivity contribution >= 4 is 22.4 Å². The van der Waals surface area contributed by atoms with E-state index in [9.17, 15) is 5.11 Å². The fourth-order valence-electron chi connectivity index (χ4n) is 3.15. The number of nitrogens with zero attached hydrogens (tertiary/aromatic N) is 5. The van der Waals surface area contributed by atoms with Crippen LogP contribution in [0.15, 0.2) is 42.9 Å². The van der Waals surface area contributed by atoms with Gasteiger partial charge in [-0.3, -0.25) is 14.6 Å². The third-order valence-corrected chi connectivity index (χ3v) is 4.70. The van der Waals surface area contributed by atoms with E-state index in [-0.39, 0.29) is 5.69 Å². The van der Waals surface area contributed by atoms with Crippen LogP contribution in [-0.2, 0) is 6.54 Å². The fraction of sp³-hybridized carbons (Fsp3) is 0.238. The molecule has 0 saturated carbocycles. The molecule has 148 valence electrons. The summed E-state index contributed by atoms with van der Waals surface area (Å²) in [4.78, 5) is 13.0. The molecule has 0 unspecified atom stereocenters. The lowest BCUT2D eigenvalue weighted by molar-refractivity contribution is 0.169. The van der Waals surface area contributed by atoms with Gasteiger partial charge in [-0.1, -0.05) is 6.07 Å². The second-order valence-corrected chi connectivity index (χ2v) is 6.99. The number of aromatic nitrogens is 5. The Kier molecular flexibility index (Phi) is 4.94. The molecule has 4 aromatic heterocycles. The third kappa shape index (κ3) is 3.66. The number of nitrogens with one attached hydrogen (secondary N) is 1. The average molecular weight is 392 g/mol. The lowest BCUT2D eigenvalue weighted by Crippen LogP contribution is -2.11. The van der Waals surface area contributed by atoms with Gasteiger partial charge >= 0.3 is 0 Å². The van der Waals surface area contributed by atoms with Crippen LogP contribution in [-0.4, -0.2) is 35.9 Å². The van der Waals surface area contributed by atoms with Crippen LogP contribution in [0.5, 0.6) is 0 Å². The van der Waals surface area contributed by atoms with Crippen molar-refractivity contribution in [2.24, 2.45) is 0 Å². The summed E-state index contributed by atoms with van der Waals surface area (Å²) in [6, 6.07) is 7.05. The van der Waals surface area contributed by atoms with Gasteiger partial charge in [0.15, 0.2) is 5.82 Å². The third-order valence-electron chi connectivity index (χ3n) is 4.70. The molecule has 0 aromatic carbocycles. The first-order chi connectivity index (χ1) is 13.9. The predicted molar refractivity (Wildman–Crippen MR) is 109 cm³/mol. The summed E-state index contributed by atoms with van der Waals surface area (Å²) in [7, 11) is 0. The van der Waals surface area contributed by atoms with Crippen LogP contribution in [0.1, 0.15) is 18.2 Å². The normalized spacial score (nSPS) is 12.3. The summed E-state index contributed by atoms with van der Waals surface area (Å²) in [5.74, 6) is -0.472. The van der Waals surface area contributed by atoms with Gasteiger partial charge in [-0.25, -0.2) is 9.37 Å². The van der Waals surface area contributed by atoms with E-state index in [1.807, 2.05) is 13.8 Å². The Balaban J connectivity index is 1.80. The molecule has 0 saturated heterocycles. The van der Waals surface area contributed by atoms with Crippen LogP contribution in [0.3, 0.4) is 0 Å². The Hall–Kier alpha value is -3.39. The first-order valence-corrected chi connectivity index (χ1v) is 9.29. The van der Waals surface area contributed by atoms with Crippen LogP contribution in [0.2, 0.25) is 0 Å². The SMILES string of the molecule is Cc1nc(-c2ccccn2)c(F)c(Nc2ccnc3cn(C[C@@H](C)O)nc23)c1C. The van der Waals surface area contributed by atoms with Crippen molar-refractivity contribution in [1.82, 2.24) is 24.7 Å². The Morgan fingerprint density at radius 3 is 2.72 bits per heavy atom. The average Bonchev–Trinajstić information content (AvgIpc) is 3.11. The summed E-state index contributed by atoms with van der Waals surface area (Å²) in [5.41, 5.74) is 4.29. The second-order valence-electron chi connectivity index (χ2n) is 6.99. The van der Waals surface area contributed by atoms with E-state index in [2.05, 4.69) is 25.4 Å². The molecule has 0 aliphatic carbocycles. The summed E-state index contributed by atoms with van der Waals surface area (Å²) in [6.07, 6.45) is 4.47. The molecule has 0 fully saturated rings. The topological polar surface area (TPSA) is 88.8 Å². The van der Waals surface area contributed by atoms with Crippen molar-refractivity contribution in [3.8, 4) is 11.4 Å². The van der Waals surface area contributed by atoms with Gasteiger partial charge in [0.25, 0.3) is 0 Å². The van der Waals surface area contributed by atoms with Crippen LogP contribution in [0, 0.1) is 19.7 Å². The Morgan fingerprint density at radius 2 is 2.00 bits per heavy atom. The number of hydrogen-bond acceptors (Lipinski definition) is 6. The van der Waals surface area contributed by atoms with Gasteiger partial charge in [-0.2, -0.15) is 5.10 Å². The van der Waals surface area contributed by atoms with Crippen molar-refractivity contribution in [2.45, 2.75) is 33.4 Å². The number of aryl methyl sites for hydroxylation is 1. The monoisotopic (exact) mass is 392 g/mol. The minimum Gasteiger partial charge on any atom is -0.391 e. The van der Waals surface area contributed by atoms with E-state index < -0.39 is 11.9 Å². The zero-order chi connectivity index (χ0) is 20.5. The van der Waals surface area contributed by atoms with Gasteiger partial charge in [0, 0.05) is 18.1 Å². The number of fused-ring (bicyclic) bond motifs is 1. The molecule has 0 aliphatic heterocycles. The highest BCUT2D eigenvalue weighted by Gasteiger charge is 2.19. The van der Waals surface area contributed by atoms with E-state index in [1.165, 1.54) is 0 Å². The first kappa shape index (κ1) is 18.9. The highest BCUT2D eigenvalue weighted by molar-refractivity contribution is 5.90. The number of halogens is 1. The highest BCUT2D eigenvalue weighted by Crippen LogP contribution is 2.33. The van der Waals surface area contributed by atoms with Crippen LogP contribution < -0.4 is 5.32 Å². The number of rotatable bonds is 5. The Bertz CT molecular complexity index is 1170. The predicted octanol–water partition coefficient (Wildman–Crippen LogP) is 3.77. The molecule has 0 radical (unpaired) electrons. The number of pyridine rings is 3. The molecule has 4 heterocycles. The molecule has 4 rings (SSSR count). The smallest absolute Gasteiger partial charge is 0.174 e. The Labute approximate surface area is 167 Å². The standard InChI is InChI=1S/C21H21FN6O/c1-12(29)10-28-11-17-20(27-28)16(7-9-24-17)26-19-13(2)14(3)25-21(18(19)22)15-6-4-5-8-23-15/h4-9,11-12,29H,10H2,1-3H3,(H,25,26)/t12-/m1/s1. The zero-order valence-electron chi connectivity index (χ0n) is 16.4. The van der Waals surface area contributed by atoms with Gasteiger partial charge in [0.2, 0.25) is 0 Å². The van der Waals surface area contributed by atoms with E-state index >= 15 is 4.39 Å². The van der Waals surface area contributed by atoms with Gasteiger partial charge in [0.05, 0.1) is 35.9 Å². The molecule has 0 aliphatic rings. The molecule has 2 N–H and O–H groups in total. The summed E-state index contributed by atoms with van der Waals surface area (Å²) < 4.78 is 17.1. The molecule has 7 nitrogen and oxygen atoms in total. The molecule has 0 bridgehead atoms. The van der Waals surface area contributed by atoms with Crippen molar-refractivity contribution in [3.05, 3.63) is 59.9 Å². The maximum absolute atomic E-state index is 15.4. The van der Waals surface area contributed by atoms with E-state index in [1.54, 1.807) is 54.5 Å². The van der Waals surface area contributed by atoms with Gasteiger partial charge in [-0.15, -0.1) is 0 Å². The Morgan fingerprint density at radius 1 is 1.17 bits per heavy atom. The minimum absolute atomic E-state index is 0.195. The molecular weight excluding hydrogens is 371 g/mol. The fourth-order valence-corrected chi connectivity index (χ4v) is 3.15. The lowest BCUT2D eigenvalue weighted by atomic mass is 10.1. The van der Waals surface area contributed by atoms with E-state index in [4.69, 9.17) is 0 Å². The highest BCUT2D eigenvalue weighted by atomic mass is 19.1. The van der Waals surface area contributed by atoms with E-state index in [0.29, 0.717) is 45.9 Å². The quantitative estimate of drug-likeness (QED) is 0.537. The lowest BCUT2D eigenvalue weighted by Gasteiger charge is -2.15. The molecule has 4 aromatic rings. The molecular formula is C21H21FN6O. The molecule has 8 heteroatoms. The van der Waals surface area contributed by atoms with Crippen LogP contribution in [0.25, 0.3) is 22.4 Å². The summed E-state index contributed by atoms with van der Waals surface area (Å²) in [6.45, 7) is 5.70. The van der Waals surface area contributed by atoms with E-state index in [0.717, 1.165) is 0 Å². The summed E-state index contributed by atoms with van der Waals surface area (Å²) in [5, 5.41) is 17.3. The van der Waals surface area contributed by atoms with Crippen molar-refractivity contribution < 1.29 is 9.50 Å². The number of aliphatic hydroxyl groups is 1. The number of hydrogen-bond donors (Lipinski definition) is 2.